The molecule has 1 aliphatic rings. The molecule has 28 heavy (non-hydrogen) atoms. The topological polar surface area (TPSA) is 67.2 Å². The highest BCUT2D eigenvalue weighted by molar-refractivity contribution is 5.92. The van der Waals surface area contributed by atoms with Crippen molar-refractivity contribution >= 4 is 22.7 Å². The van der Waals surface area contributed by atoms with Gasteiger partial charge in [-0.25, -0.2) is 0 Å². The molecule has 1 fully saturated rings. The first kappa shape index (κ1) is 18.2. The molecule has 3 aromatic rings. The van der Waals surface area contributed by atoms with E-state index in [2.05, 4.69) is 40.1 Å². The average Bonchev–Trinajstić information content (AvgIpc) is 3.33. The van der Waals surface area contributed by atoms with Crippen molar-refractivity contribution in [2.24, 2.45) is 0 Å². The van der Waals surface area contributed by atoms with Crippen LogP contribution in [0.5, 0.6) is 0 Å². The minimum Gasteiger partial charge on any atom is -0.351 e. The highest BCUT2D eigenvalue weighted by Crippen LogP contribution is 2.22. The highest BCUT2D eigenvalue weighted by atomic mass is 16.2. The lowest BCUT2D eigenvalue weighted by Gasteiger charge is -2.16. The van der Waals surface area contributed by atoms with E-state index >= 15 is 0 Å². The Morgan fingerprint density at radius 2 is 2.00 bits per heavy atom. The van der Waals surface area contributed by atoms with E-state index in [1.165, 1.54) is 0 Å². The summed E-state index contributed by atoms with van der Waals surface area (Å²) in [5, 5.41) is 4.22. The Balaban J connectivity index is 1.38. The summed E-state index contributed by atoms with van der Waals surface area (Å²) in [4.78, 5) is 31.0. The van der Waals surface area contributed by atoms with Gasteiger partial charge in [-0.1, -0.05) is 24.3 Å². The molecular formula is C22H24N4O2. The quantitative estimate of drug-likeness (QED) is 0.744. The van der Waals surface area contributed by atoms with E-state index in [-0.39, 0.29) is 17.9 Å². The molecular weight excluding hydrogens is 352 g/mol. The Hall–Kier alpha value is -3.15. The van der Waals surface area contributed by atoms with E-state index in [1.54, 1.807) is 23.2 Å². The van der Waals surface area contributed by atoms with Crippen LogP contribution >= 0.6 is 0 Å². The number of aryl methyl sites for hydroxylation is 1. The van der Waals surface area contributed by atoms with Crippen molar-refractivity contribution < 1.29 is 9.59 Å². The number of nitrogens with zero attached hydrogens (tertiary/aromatic N) is 3. The third-order valence-corrected chi connectivity index (χ3v) is 5.29. The number of benzene rings is 1. The van der Waals surface area contributed by atoms with Crippen LogP contribution in [-0.2, 0) is 17.8 Å². The number of nitrogens with one attached hydrogen (secondary N) is 1. The lowest BCUT2D eigenvalue weighted by Crippen LogP contribution is -2.39. The summed E-state index contributed by atoms with van der Waals surface area (Å²) in [6.45, 7) is 4.13. The van der Waals surface area contributed by atoms with Crippen molar-refractivity contribution in [1.29, 1.82) is 0 Å². The molecule has 0 aliphatic carbocycles. The fourth-order valence-electron chi connectivity index (χ4n) is 3.89. The van der Waals surface area contributed by atoms with Crippen molar-refractivity contribution in [1.82, 2.24) is 19.8 Å². The van der Waals surface area contributed by atoms with Gasteiger partial charge in [0.15, 0.2) is 0 Å². The maximum atomic E-state index is 12.6. The van der Waals surface area contributed by atoms with E-state index in [9.17, 15) is 9.59 Å². The van der Waals surface area contributed by atoms with Crippen molar-refractivity contribution in [2.75, 3.05) is 13.1 Å². The molecule has 1 saturated heterocycles. The van der Waals surface area contributed by atoms with Gasteiger partial charge >= 0.3 is 0 Å². The summed E-state index contributed by atoms with van der Waals surface area (Å²) >= 11 is 0. The summed E-state index contributed by atoms with van der Waals surface area (Å²) < 4.78 is 2.17. The molecule has 2 amide bonds. The molecule has 0 saturated carbocycles. The minimum atomic E-state index is -0.0802. The normalized spacial score (nSPS) is 16.5. The second-order valence-corrected chi connectivity index (χ2v) is 7.15. The summed E-state index contributed by atoms with van der Waals surface area (Å²) in [5.74, 6) is -0.0838. The molecule has 1 aromatic carbocycles. The van der Waals surface area contributed by atoms with Gasteiger partial charge in [0, 0.05) is 49.0 Å². The van der Waals surface area contributed by atoms with E-state index in [0.717, 1.165) is 29.4 Å². The molecule has 1 unspecified atom stereocenters. The number of aromatic nitrogens is 2. The summed E-state index contributed by atoms with van der Waals surface area (Å²) in [6.07, 6.45) is 4.80. The molecule has 6 nitrogen and oxygen atoms in total. The minimum absolute atomic E-state index is 0.00357. The number of fused-ring (bicyclic) bond motifs is 1. The van der Waals surface area contributed by atoms with Crippen LogP contribution < -0.4 is 5.32 Å². The number of carbonyl (C=O) groups is 2. The number of likely N-dealkylation sites (tertiary alicyclic amines) is 1. The smallest absolute Gasteiger partial charge is 0.272 e. The van der Waals surface area contributed by atoms with Crippen molar-refractivity contribution in [2.45, 2.75) is 32.4 Å². The fourth-order valence-corrected chi connectivity index (χ4v) is 3.89. The fraction of sp³-hybridized carbons (Fsp3) is 0.318. The number of para-hydroxylation sites is 1. The Kier molecular flexibility index (Phi) is 5.10. The van der Waals surface area contributed by atoms with E-state index in [1.807, 2.05) is 18.2 Å². The van der Waals surface area contributed by atoms with E-state index < -0.39 is 0 Å². The number of pyridine rings is 1. The molecule has 0 bridgehead atoms. The first-order valence-corrected chi connectivity index (χ1v) is 9.72. The maximum Gasteiger partial charge on any atom is 0.272 e. The van der Waals surface area contributed by atoms with Gasteiger partial charge in [0.1, 0.15) is 5.69 Å². The van der Waals surface area contributed by atoms with Gasteiger partial charge < -0.3 is 14.8 Å². The van der Waals surface area contributed by atoms with Gasteiger partial charge in [-0.15, -0.1) is 0 Å². The molecule has 1 atom stereocenters. The van der Waals surface area contributed by atoms with Crippen LogP contribution in [0, 0.1) is 0 Å². The highest BCUT2D eigenvalue weighted by Gasteiger charge is 2.28. The summed E-state index contributed by atoms with van der Waals surface area (Å²) in [6, 6.07) is 13.5. The van der Waals surface area contributed by atoms with Crippen molar-refractivity contribution in [3.8, 4) is 0 Å². The number of carbonyl (C=O) groups excluding carboxylic acids is 2. The number of amides is 2. The molecule has 144 valence electrons. The van der Waals surface area contributed by atoms with Crippen molar-refractivity contribution in [3.05, 3.63) is 66.1 Å². The van der Waals surface area contributed by atoms with Gasteiger partial charge in [-0.3, -0.25) is 14.6 Å². The SMILES string of the molecule is CCn1cc(CC(=O)NC2CCN(C(=O)c3ccccn3)C2)c2ccccc21. The van der Waals surface area contributed by atoms with Crippen LogP contribution in [0.15, 0.2) is 54.9 Å². The Morgan fingerprint density at radius 1 is 1.18 bits per heavy atom. The van der Waals surface area contributed by atoms with E-state index in [0.29, 0.717) is 25.2 Å². The van der Waals surface area contributed by atoms with Gasteiger partial charge in [0.25, 0.3) is 5.91 Å². The van der Waals surface area contributed by atoms with Gasteiger partial charge in [-0.2, -0.15) is 0 Å². The van der Waals surface area contributed by atoms with Gasteiger partial charge in [0.2, 0.25) is 5.91 Å². The zero-order valence-corrected chi connectivity index (χ0v) is 16.0. The first-order valence-electron chi connectivity index (χ1n) is 9.72. The van der Waals surface area contributed by atoms with Crippen molar-refractivity contribution in [3.63, 3.8) is 0 Å². The average molecular weight is 376 g/mol. The van der Waals surface area contributed by atoms with Gasteiger partial charge in [-0.05, 0) is 37.1 Å². The maximum absolute atomic E-state index is 12.6. The Labute approximate surface area is 164 Å². The lowest BCUT2D eigenvalue weighted by molar-refractivity contribution is -0.121. The van der Waals surface area contributed by atoms with Crippen LogP contribution in [0.1, 0.15) is 29.4 Å². The molecule has 2 aromatic heterocycles. The molecule has 4 rings (SSSR count). The second kappa shape index (κ2) is 7.84. The van der Waals surface area contributed by atoms with E-state index in [4.69, 9.17) is 0 Å². The van der Waals surface area contributed by atoms with Crippen LogP contribution in [0.2, 0.25) is 0 Å². The number of hydrogen-bond donors (Lipinski definition) is 1. The summed E-state index contributed by atoms with van der Waals surface area (Å²) in [5.41, 5.74) is 2.64. The first-order chi connectivity index (χ1) is 13.7. The standard InChI is InChI=1S/C22H24N4O2/c1-2-25-14-16(18-7-3-4-9-20(18)25)13-21(27)24-17-10-12-26(15-17)22(28)19-8-5-6-11-23-19/h3-9,11,14,17H,2,10,12-13,15H2,1H3,(H,24,27). The third kappa shape index (κ3) is 3.63. The second-order valence-electron chi connectivity index (χ2n) is 7.15. The number of hydrogen-bond acceptors (Lipinski definition) is 3. The van der Waals surface area contributed by atoms with Crippen LogP contribution in [0.4, 0.5) is 0 Å². The third-order valence-electron chi connectivity index (χ3n) is 5.29. The molecule has 1 N–H and O–H groups in total. The zero-order chi connectivity index (χ0) is 19.5. The van der Waals surface area contributed by atoms with Crippen LogP contribution in [0.3, 0.4) is 0 Å². The number of rotatable bonds is 5. The Morgan fingerprint density at radius 3 is 2.79 bits per heavy atom. The predicted molar refractivity (Wildman–Crippen MR) is 108 cm³/mol. The van der Waals surface area contributed by atoms with Crippen LogP contribution in [-0.4, -0.2) is 45.4 Å². The molecule has 0 radical (unpaired) electrons. The Bertz CT molecular complexity index is 996. The lowest BCUT2D eigenvalue weighted by atomic mass is 10.1. The summed E-state index contributed by atoms with van der Waals surface area (Å²) in [7, 11) is 0. The monoisotopic (exact) mass is 376 g/mol. The molecule has 0 spiro atoms. The molecule has 6 heteroatoms. The van der Waals surface area contributed by atoms with Crippen LogP contribution in [0.25, 0.3) is 10.9 Å². The zero-order valence-electron chi connectivity index (χ0n) is 16.0. The largest absolute Gasteiger partial charge is 0.351 e. The van der Waals surface area contributed by atoms with Gasteiger partial charge in [0.05, 0.1) is 6.42 Å². The molecule has 1 aliphatic heterocycles. The predicted octanol–water partition coefficient (Wildman–Crippen LogP) is 2.63. The molecule has 3 heterocycles.